The van der Waals surface area contributed by atoms with Crippen molar-refractivity contribution in [3.05, 3.63) is 95.3 Å². The molecule has 0 aromatic heterocycles. The number of likely N-dealkylation sites (tertiary alicyclic amines) is 1. The Morgan fingerprint density at radius 1 is 0.939 bits per heavy atom. The fraction of sp³-hybridized carbons (Fsp3) is 0.269. The van der Waals surface area contributed by atoms with Crippen molar-refractivity contribution >= 4 is 11.6 Å². The van der Waals surface area contributed by atoms with Gasteiger partial charge in [0.25, 0.3) is 5.91 Å². The van der Waals surface area contributed by atoms with Crippen molar-refractivity contribution in [1.29, 1.82) is 0 Å². The number of rotatable bonds is 6. The summed E-state index contributed by atoms with van der Waals surface area (Å²) >= 11 is 0. The lowest BCUT2D eigenvalue weighted by Crippen LogP contribution is -2.47. The highest BCUT2D eigenvalue weighted by molar-refractivity contribution is 6.08. The van der Waals surface area contributed by atoms with Crippen molar-refractivity contribution in [2.75, 3.05) is 25.1 Å². The van der Waals surface area contributed by atoms with E-state index in [1.165, 1.54) is 37.4 Å². The Morgan fingerprint density at radius 2 is 1.58 bits per heavy atom. The summed E-state index contributed by atoms with van der Waals surface area (Å²) < 4.78 is 47.1. The predicted octanol–water partition coefficient (Wildman–Crippen LogP) is 5.42. The van der Waals surface area contributed by atoms with E-state index in [1.54, 1.807) is 41.3 Å². The first kappa shape index (κ1) is 22.9. The number of benzene rings is 3. The summed E-state index contributed by atoms with van der Waals surface area (Å²) in [7, 11) is 1.51. The summed E-state index contributed by atoms with van der Waals surface area (Å²) in [6.45, 7) is 1.30. The fourth-order valence-electron chi connectivity index (χ4n) is 4.29. The summed E-state index contributed by atoms with van der Waals surface area (Å²) in [6.07, 6.45) is 1.21. The van der Waals surface area contributed by atoms with Crippen LogP contribution in [0, 0.1) is 17.5 Å². The van der Waals surface area contributed by atoms with Gasteiger partial charge in [-0.15, -0.1) is 0 Å². The molecule has 1 aliphatic heterocycles. The van der Waals surface area contributed by atoms with Gasteiger partial charge >= 0.3 is 0 Å². The number of nitrogens with zero attached hydrogens (tertiary/aromatic N) is 2. The Morgan fingerprint density at radius 3 is 2.21 bits per heavy atom. The number of para-hydroxylation sites is 1. The number of piperidine rings is 1. The molecule has 1 saturated heterocycles. The zero-order valence-electron chi connectivity index (χ0n) is 18.3. The summed E-state index contributed by atoms with van der Waals surface area (Å²) in [5.74, 6) is -1.28. The average Bonchev–Trinajstić information content (AvgIpc) is 2.83. The monoisotopic (exact) mass is 454 g/mol. The van der Waals surface area contributed by atoms with Crippen LogP contribution in [-0.4, -0.2) is 37.0 Å². The van der Waals surface area contributed by atoms with Crippen LogP contribution in [0.15, 0.2) is 66.7 Å². The van der Waals surface area contributed by atoms with E-state index in [2.05, 4.69) is 0 Å². The Labute approximate surface area is 191 Å². The van der Waals surface area contributed by atoms with Crippen molar-refractivity contribution in [3.8, 4) is 5.75 Å². The van der Waals surface area contributed by atoms with Gasteiger partial charge in [-0.25, -0.2) is 13.2 Å². The Bertz CT molecular complexity index is 1090. The third-order valence-electron chi connectivity index (χ3n) is 6.03. The molecule has 33 heavy (non-hydrogen) atoms. The highest BCUT2D eigenvalue weighted by Crippen LogP contribution is 2.29. The molecule has 0 atom stereocenters. The largest absolute Gasteiger partial charge is 0.496 e. The van der Waals surface area contributed by atoms with E-state index in [1.807, 2.05) is 4.90 Å². The molecule has 0 unspecified atom stereocenters. The molecule has 0 saturated carbocycles. The van der Waals surface area contributed by atoms with E-state index in [-0.39, 0.29) is 29.9 Å². The van der Waals surface area contributed by atoms with E-state index < -0.39 is 11.6 Å². The van der Waals surface area contributed by atoms with E-state index in [0.717, 1.165) is 0 Å². The zero-order valence-corrected chi connectivity index (χ0v) is 18.3. The van der Waals surface area contributed by atoms with Gasteiger partial charge in [0.15, 0.2) is 0 Å². The topological polar surface area (TPSA) is 32.8 Å². The zero-order chi connectivity index (χ0) is 23.4. The van der Waals surface area contributed by atoms with Gasteiger partial charge in [-0.2, -0.15) is 0 Å². The van der Waals surface area contributed by atoms with Crippen LogP contribution in [0.1, 0.15) is 28.8 Å². The molecule has 1 amide bonds. The number of anilines is 1. The van der Waals surface area contributed by atoms with E-state index in [0.29, 0.717) is 42.9 Å². The summed E-state index contributed by atoms with van der Waals surface area (Å²) in [6, 6.07) is 16.5. The lowest BCUT2D eigenvalue weighted by molar-refractivity contribution is 0.0955. The van der Waals surface area contributed by atoms with E-state index >= 15 is 0 Å². The highest BCUT2D eigenvalue weighted by atomic mass is 19.1. The number of methoxy groups -OCH3 is 1. The second-order valence-corrected chi connectivity index (χ2v) is 8.06. The molecule has 0 N–H and O–H groups in total. The molecule has 1 heterocycles. The minimum Gasteiger partial charge on any atom is -0.496 e. The molecule has 1 fully saturated rings. The Balaban J connectivity index is 1.56. The molecule has 0 radical (unpaired) electrons. The first-order valence-corrected chi connectivity index (χ1v) is 10.9. The molecular formula is C26H25F3N2O2. The number of carbonyl (C=O) groups excluding carboxylic acids is 1. The first-order chi connectivity index (χ1) is 16.0. The number of amides is 1. The molecular weight excluding hydrogens is 429 g/mol. The maximum Gasteiger partial charge on any atom is 0.262 e. The van der Waals surface area contributed by atoms with Crippen LogP contribution in [0.2, 0.25) is 0 Å². The number of carbonyl (C=O) groups is 1. The SMILES string of the molecule is COc1ccccc1C(=O)N(c1ccc(F)cc1)C1CCN(Cc2c(F)cccc2F)CC1. The van der Waals surface area contributed by atoms with Crippen LogP contribution < -0.4 is 9.64 Å². The molecule has 0 bridgehead atoms. The van der Waals surface area contributed by atoms with Crippen LogP contribution in [0.3, 0.4) is 0 Å². The quantitative estimate of drug-likeness (QED) is 0.498. The van der Waals surface area contributed by atoms with Gasteiger partial charge in [0.1, 0.15) is 23.2 Å². The maximum absolute atomic E-state index is 14.1. The molecule has 4 nitrogen and oxygen atoms in total. The van der Waals surface area contributed by atoms with E-state index in [4.69, 9.17) is 4.74 Å². The van der Waals surface area contributed by atoms with Crippen LogP contribution in [0.5, 0.6) is 5.75 Å². The average molecular weight is 454 g/mol. The lowest BCUT2D eigenvalue weighted by Gasteiger charge is -2.39. The minimum absolute atomic E-state index is 0.0523. The van der Waals surface area contributed by atoms with Crippen LogP contribution in [0.4, 0.5) is 18.9 Å². The van der Waals surface area contributed by atoms with E-state index in [9.17, 15) is 18.0 Å². The van der Waals surface area contributed by atoms with Gasteiger partial charge in [0, 0.05) is 36.9 Å². The molecule has 0 spiro atoms. The van der Waals surface area contributed by atoms with Gasteiger partial charge in [-0.1, -0.05) is 18.2 Å². The fourth-order valence-corrected chi connectivity index (χ4v) is 4.29. The van der Waals surface area contributed by atoms with Crippen molar-refractivity contribution in [1.82, 2.24) is 4.90 Å². The van der Waals surface area contributed by atoms with Gasteiger partial charge in [0.2, 0.25) is 0 Å². The molecule has 7 heteroatoms. The van der Waals surface area contributed by atoms with Crippen molar-refractivity contribution in [3.63, 3.8) is 0 Å². The molecule has 3 aromatic carbocycles. The standard InChI is InChI=1S/C26H25F3N2O2/c1-33-25-8-3-2-5-21(25)26(32)31(19-11-9-18(27)10-12-19)20-13-15-30(16-14-20)17-22-23(28)6-4-7-24(22)29/h2-12,20H,13-17H2,1H3. The highest BCUT2D eigenvalue weighted by Gasteiger charge is 2.31. The number of ether oxygens (including phenoxy) is 1. The van der Waals surface area contributed by atoms with Crippen LogP contribution >= 0.6 is 0 Å². The van der Waals surface area contributed by atoms with Crippen molar-refractivity contribution < 1.29 is 22.7 Å². The lowest BCUT2D eigenvalue weighted by atomic mass is 9.99. The smallest absolute Gasteiger partial charge is 0.262 e. The molecule has 172 valence electrons. The summed E-state index contributed by atoms with van der Waals surface area (Å²) in [5.41, 5.74) is 1.06. The Hall–Kier alpha value is -3.32. The predicted molar refractivity (Wildman–Crippen MR) is 121 cm³/mol. The molecule has 4 rings (SSSR count). The Kier molecular flexibility index (Phi) is 6.99. The number of hydrogen-bond donors (Lipinski definition) is 0. The maximum atomic E-state index is 14.1. The van der Waals surface area contributed by atoms with Gasteiger partial charge in [0.05, 0.1) is 12.7 Å². The molecule has 1 aliphatic rings. The molecule has 0 aliphatic carbocycles. The summed E-state index contributed by atoms with van der Waals surface area (Å²) in [5, 5.41) is 0. The second-order valence-electron chi connectivity index (χ2n) is 8.06. The number of hydrogen-bond acceptors (Lipinski definition) is 3. The van der Waals surface area contributed by atoms with Gasteiger partial charge in [-0.05, 0) is 61.4 Å². The van der Waals surface area contributed by atoms with Crippen molar-refractivity contribution in [2.45, 2.75) is 25.4 Å². The summed E-state index contributed by atoms with van der Waals surface area (Å²) in [4.78, 5) is 17.3. The van der Waals surface area contributed by atoms with Crippen molar-refractivity contribution in [2.24, 2.45) is 0 Å². The van der Waals surface area contributed by atoms with Gasteiger partial charge < -0.3 is 9.64 Å². The molecule has 3 aromatic rings. The van der Waals surface area contributed by atoms with Crippen LogP contribution in [-0.2, 0) is 6.54 Å². The van der Waals surface area contributed by atoms with Gasteiger partial charge in [-0.3, -0.25) is 9.69 Å². The second kappa shape index (κ2) is 10.1. The normalized spacial score (nSPS) is 14.8. The third-order valence-corrected chi connectivity index (χ3v) is 6.03. The minimum atomic E-state index is -0.559. The first-order valence-electron chi connectivity index (χ1n) is 10.9. The third kappa shape index (κ3) is 5.03. The number of halogens is 3. The van der Waals surface area contributed by atoms with Crippen LogP contribution in [0.25, 0.3) is 0 Å².